The van der Waals surface area contributed by atoms with E-state index in [4.69, 9.17) is 20.0 Å². The molecule has 1 aromatic heterocycles. The Morgan fingerprint density at radius 1 is 1.14 bits per heavy atom. The molecule has 0 spiro atoms. The first-order valence-electron chi connectivity index (χ1n) is 12.4. The van der Waals surface area contributed by atoms with E-state index < -0.39 is 0 Å². The minimum absolute atomic E-state index is 0.0188. The number of aromatic nitrogens is 1. The van der Waals surface area contributed by atoms with Gasteiger partial charge in [0.25, 0.3) is 11.8 Å². The summed E-state index contributed by atoms with van der Waals surface area (Å²) >= 11 is 0. The van der Waals surface area contributed by atoms with Gasteiger partial charge >= 0.3 is 0 Å². The number of nitrogens with two attached hydrogens (primary N) is 1. The van der Waals surface area contributed by atoms with Gasteiger partial charge in [0.15, 0.2) is 5.69 Å². The molecule has 0 radical (unpaired) electrons. The van der Waals surface area contributed by atoms with Gasteiger partial charge in [-0.3, -0.25) is 14.6 Å². The molecule has 2 aliphatic carbocycles. The van der Waals surface area contributed by atoms with Crippen LogP contribution in [0.2, 0.25) is 0 Å². The van der Waals surface area contributed by atoms with Crippen molar-refractivity contribution in [2.24, 2.45) is 10.7 Å². The smallest absolute Gasteiger partial charge is 0.274 e. The van der Waals surface area contributed by atoms with Crippen molar-refractivity contribution < 1.29 is 18.8 Å². The molecule has 1 aliphatic heterocycles. The third-order valence-corrected chi connectivity index (χ3v) is 6.92. The number of aryl methyl sites for hydroxylation is 1. The van der Waals surface area contributed by atoms with Crippen molar-refractivity contribution in [2.45, 2.75) is 51.0 Å². The second-order valence-electron chi connectivity index (χ2n) is 9.19. The molecule has 9 nitrogen and oxygen atoms in total. The predicted molar refractivity (Wildman–Crippen MR) is 131 cm³/mol. The van der Waals surface area contributed by atoms with Crippen molar-refractivity contribution in [3.8, 4) is 0 Å². The summed E-state index contributed by atoms with van der Waals surface area (Å²) in [6.45, 7) is 2.30. The predicted octanol–water partition coefficient (Wildman–Crippen LogP) is 2.92. The Morgan fingerprint density at radius 3 is 2.80 bits per heavy atom. The summed E-state index contributed by atoms with van der Waals surface area (Å²) in [6.07, 6.45) is 7.66. The largest absolute Gasteiger partial charge is 0.404 e. The first kappa shape index (κ1) is 23.3. The molecule has 0 bridgehead atoms. The van der Waals surface area contributed by atoms with Crippen molar-refractivity contribution in [2.75, 3.05) is 26.3 Å². The van der Waals surface area contributed by atoms with Crippen LogP contribution in [0.4, 0.5) is 5.69 Å². The van der Waals surface area contributed by atoms with Crippen LogP contribution in [-0.2, 0) is 17.6 Å². The Hall–Kier alpha value is -3.46. The summed E-state index contributed by atoms with van der Waals surface area (Å²) < 4.78 is 10.8. The lowest BCUT2D eigenvalue weighted by atomic mass is 9.88. The van der Waals surface area contributed by atoms with Crippen LogP contribution >= 0.6 is 0 Å². The Balaban J connectivity index is 1.32. The summed E-state index contributed by atoms with van der Waals surface area (Å²) in [4.78, 5) is 32.6. The molecule has 184 valence electrons. The van der Waals surface area contributed by atoms with Crippen LogP contribution in [0.5, 0.6) is 0 Å². The number of aliphatic imine (C=N–C) groups is 1. The molecule has 1 aromatic carbocycles. The Kier molecular flexibility index (Phi) is 6.94. The monoisotopic (exact) mass is 477 g/mol. The van der Waals surface area contributed by atoms with Gasteiger partial charge < -0.3 is 25.2 Å². The maximum Gasteiger partial charge on any atom is 0.274 e. The van der Waals surface area contributed by atoms with Crippen molar-refractivity contribution in [3.05, 3.63) is 58.6 Å². The molecule has 1 saturated carbocycles. The molecule has 2 aromatic rings. The Bertz CT molecular complexity index is 1160. The molecule has 35 heavy (non-hydrogen) atoms. The summed E-state index contributed by atoms with van der Waals surface area (Å²) in [7, 11) is 0. The fourth-order valence-corrected chi connectivity index (χ4v) is 5.06. The fraction of sp³-hybridized carbons (Fsp3) is 0.462. The number of nitrogens with one attached hydrogen (secondary N) is 1. The molecule has 1 atom stereocenters. The molecule has 3 N–H and O–H groups in total. The van der Waals surface area contributed by atoms with Gasteiger partial charge in [-0.05, 0) is 56.7 Å². The van der Waals surface area contributed by atoms with Crippen LogP contribution in [0.25, 0.3) is 0 Å². The number of fused-ring (bicyclic) bond motifs is 1. The van der Waals surface area contributed by atoms with Gasteiger partial charge in [0, 0.05) is 48.1 Å². The maximum absolute atomic E-state index is 13.0. The lowest BCUT2D eigenvalue weighted by molar-refractivity contribution is 0.0303. The number of morpholine rings is 1. The number of hydrogen-bond acceptors (Lipinski definition) is 7. The number of carbonyl (C=O) groups excluding carboxylic acids is 2. The minimum atomic E-state index is -0.255. The number of benzene rings is 1. The van der Waals surface area contributed by atoms with Crippen molar-refractivity contribution in [1.29, 1.82) is 0 Å². The summed E-state index contributed by atoms with van der Waals surface area (Å²) in [5.74, 6) is 0.573. The molecule has 2 amide bonds. The first-order valence-corrected chi connectivity index (χ1v) is 12.4. The average molecular weight is 478 g/mol. The number of carbonyl (C=O) groups is 2. The van der Waals surface area contributed by atoms with Crippen LogP contribution in [0.3, 0.4) is 0 Å². The van der Waals surface area contributed by atoms with Crippen LogP contribution in [0.1, 0.15) is 64.3 Å². The van der Waals surface area contributed by atoms with Crippen molar-refractivity contribution in [1.82, 2.24) is 15.4 Å². The molecular weight excluding hydrogens is 446 g/mol. The van der Waals surface area contributed by atoms with Crippen molar-refractivity contribution >= 4 is 23.2 Å². The zero-order valence-corrected chi connectivity index (χ0v) is 19.8. The van der Waals surface area contributed by atoms with Crippen molar-refractivity contribution in [3.63, 3.8) is 0 Å². The normalized spacial score (nSPS) is 22.7. The number of hydrogen-bond donors (Lipinski definition) is 2. The van der Waals surface area contributed by atoms with Gasteiger partial charge in [0.05, 0.1) is 24.9 Å². The van der Waals surface area contributed by atoms with Gasteiger partial charge in [-0.25, -0.2) is 0 Å². The molecule has 1 unspecified atom stereocenters. The molecule has 5 rings (SSSR count). The Morgan fingerprint density at radius 2 is 1.97 bits per heavy atom. The third-order valence-electron chi connectivity index (χ3n) is 6.92. The highest BCUT2D eigenvalue weighted by molar-refractivity contribution is 6.05. The summed E-state index contributed by atoms with van der Waals surface area (Å²) in [5.41, 5.74) is 10.2. The van der Waals surface area contributed by atoms with Gasteiger partial charge in [-0.2, -0.15) is 0 Å². The SMILES string of the molecule is NC=C1C(=Nc2cccc(C(=O)N3CCOCC3)c2)CCCC1NC(=O)c1noc2c1CCCC2. The van der Waals surface area contributed by atoms with E-state index in [0.29, 0.717) is 43.2 Å². The second-order valence-corrected chi connectivity index (χ2v) is 9.19. The van der Waals surface area contributed by atoms with E-state index in [-0.39, 0.29) is 17.9 Å². The van der Waals surface area contributed by atoms with E-state index in [9.17, 15) is 9.59 Å². The van der Waals surface area contributed by atoms with Crippen LogP contribution in [-0.4, -0.2) is 59.9 Å². The highest BCUT2D eigenvalue weighted by Crippen LogP contribution is 2.27. The average Bonchev–Trinajstić information content (AvgIpc) is 3.34. The van der Waals surface area contributed by atoms with E-state index in [0.717, 1.165) is 67.6 Å². The van der Waals surface area contributed by atoms with Crippen LogP contribution in [0, 0.1) is 0 Å². The molecular formula is C26H31N5O4. The summed E-state index contributed by atoms with van der Waals surface area (Å²) in [6, 6.07) is 7.08. The molecule has 1 saturated heterocycles. The quantitative estimate of drug-likeness (QED) is 0.698. The minimum Gasteiger partial charge on any atom is -0.404 e. The van der Waals surface area contributed by atoms with E-state index in [1.807, 2.05) is 24.3 Å². The highest BCUT2D eigenvalue weighted by atomic mass is 16.5. The topological polar surface area (TPSA) is 123 Å². The third kappa shape index (κ3) is 5.00. The number of amides is 2. The first-order chi connectivity index (χ1) is 17.1. The van der Waals surface area contributed by atoms with E-state index in [1.54, 1.807) is 4.90 Å². The van der Waals surface area contributed by atoms with Crippen LogP contribution in [0.15, 0.2) is 45.6 Å². The van der Waals surface area contributed by atoms with E-state index in [2.05, 4.69) is 10.5 Å². The molecule has 2 fully saturated rings. The number of rotatable bonds is 4. The number of ether oxygens (including phenoxy) is 1. The zero-order chi connectivity index (χ0) is 24.2. The molecule has 9 heteroatoms. The molecule has 2 heterocycles. The van der Waals surface area contributed by atoms with E-state index in [1.165, 1.54) is 6.20 Å². The van der Waals surface area contributed by atoms with E-state index >= 15 is 0 Å². The number of nitrogens with zero attached hydrogens (tertiary/aromatic N) is 3. The lowest BCUT2D eigenvalue weighted by Gasteiger charge is -2.28. The lowest BCUT2D eigenvalue weighted by Crippen LogP contribution is -2.41. The van der Waals surface area contributed by atoms with Gasteiger partial charge in [-0.15, -0.1) is 0 Å². The Labute approximate surface area is 204 Å². The van der Waals surface area contributed by atoms with Crippen LogP contribution < -0.4 is 11.1 Å². The standard InChI is InChI=1S/C26H31N5O4/c27-16-20-21(28-18-6-3-5-17(15-18)26(33)31-11-13-34-14-12-31)8-4-9-22(20)29-25(32)24-19-7-1-2-10-23(19)35-30-24/h3,5-6,15-16,22H,1-2,4,7-14,27H2,(H,29,32). The zero-order valence-electron chi connectivity index (χ0n) is 19.8. The van der Waals surface area contributed by atoms with Gasteiger partial charge in [0.1, 0.15) is 5.76 Å². The molecule has 3 aliphatic rings. The fourth-order valence-electron chi connectivity index (χ4n) is 5.06. The summed E-state index contributed by atoms with van der Waals surface area (Å²) in [5, 5.41) is 7.15. The maximum atomic E-state index is 13.0. The van der Waals surface area contributed by atoms with Gasteiger partial charge in [-0.1, -0.05) is 11.2 Å². The van der Waals surface area contributed by atoms with Gasteiger partial charge in [0.2, 0.25) is 0 Å². The second kappa shape index (κ2) is 10.4. The highest BCUT2D eigenvalue weighted by Gasteiger charge is 2.29.